The van der Waals surface area contributed by atoms with E-state index in [0.29, 0.717) is 0 Å². The van der Waals surface area contributed by atoms with Crippen molar-refractivity contribution in [3.8, 4) is 33.5 Å². The Balaban J connectivity index is 1.30. The van der Waals surface area contributed by atoms with Gasteiger partial charge in [-0.1, -0.05) is 127 Å². The van der Waals surface area contributed by atoms with Crippen molar-refractivity contribution in [2.24, 2.45) is 0 Å². The average molecular weight is 598 g/mol. The van der Waals surface area contributed by atoms with Gasteiger partial charge in [-0.25, -0.2) is 4.98 Å². The second kappa shape index (κ2) is 10.1. The quantitative estimate of drug-likeness (QED) is 0.150. The summed E-state index contributed by atoms with van der Waals surface area (Å²) in [5, 5.41) is 8.30. The first kappa shape index (κ1) is 26.0. The van der Waals surface area contributed by atoms with E-state index in [1.54, 1.807) is 0 Å². The van der Waals surface area contributed by atoms with Crippen LogP contribution < -0.4 is 0 Å². The van der Waals surface area contributed by atoms with E-state index in [0.717, 1.165) is 44.2 Å². The normalized spacial score (nSPS) is 11.8. The lowest BCUT2D eigenvalue weighted by Gasteiger charge is -2.18. The minimum atomic E-state index is 0.928. The lowest BCUT2D eigenvalue weighted by molar-refractivity contribution is 1.30. The zero-order valence-corrected chi connectivity index (χ0v) is 25.4. The molecule has 47 heavy (non-hydrogen) atoms. The summed E-state index contributed by atoms with van der Waals surface area (Å²) in [7, 11) is 0. The Bertz CT molecular complexity index is 2830. The molecule has 0 saturated carbocycles. The lowest BCUT2D eigenvalue weighted by atomic mass is 9.85. The average Bonchev–Trinajstić information content (AvgIpc) is 3.54. The predicted molar refractivity (Wildman–Crippen MR) is 197 cm³/mol. The van der Waals surface area contributed by atoms with Gasteiger partial charge in [0.2, 0.25) is 0 Å². The number of para-hydroxylation sites is 3. The molecule has 0 N–H and O–H groups in total. The van der Waals surface area contributed by atoms with Gasteiger partial charge < -0.3 is 0 Å². The van der Waals surface area contributed by atoms with Crippen LogP contribution in [0.5, 0.6) is 0 Å². The molecule has 0 radical (unpaired) electrons. The monoisotopic (exact) mass is 597 g/mol. The fraction of sp³-hybridized carbons (Fsp3) is 0. The smallest absolute Gasteiger partial charge is 0.146 e. The molecule has 7 aromatic carbocycles. The number of hydrogen-bond acceptors (Lipinski definition) is 2. The second-order valence-electron chi connectivity index (χ2n) is 12.2. The van der Waals surface area contributed by atoms with Crippen LogP contribution in [-0.2, 0) is 0 Å². The third kappa shape index (κ3) is 3.87. The van der Waals surface area contributed by atoms with Crippen molar-refractivity contribution in [3.63, 3.8) is 0 Å². The number of pyridine rings is 2. The minimum Gasteiger partial charge on any atom is -0.292 e. The standard InChI is InChI=1S/C44H27N3/c1-3-13-28(14-4-1)42-32-18-7-8-19-33(32)43(29-15-5-2-6-16-29)35-25-30(23-24-34(35)42)39-26-36-37(27-45-39)31-17-9-11-21-40(31)47-41-22-12-10-20-38(41)46-44(36)47/h1-27H. The van der Waals surface area contributed by atoms with Crippen LogP contribution in [0.3, 0.4) is 0 Å². The van der Waals surface area contributed by atoms with E-state index in [2.05, 4.69) is 162 Å². The molecule has 3 heteroatoms. The number of benzene rings is 7. The Kier molecular flexibility index (Phi) is 5.57. The van der Waals surface area contributed by atoms with Gasteiger partial charge in [0, 0.05) is 27.9 Å². The number of hydrogen-bond donors (Lipinski definition) is 0. The third-order valence-corrected chi connectivity index (χ3v) is 9.59. The fourth-order valence-corrected chi connectivity index (χ4v) is 7.53. The van der Waals surface area contributed by atoms with Gasteiger partial charge in [0.25, 0.3) is 0 Å². The van der Waals surface area contributed by atoms with Gasteiger partial charge in [-0.3, -0.25) is 9.38 Å². The first-order valence-electron chi connectivity index (χ1n) is 16.0. The molecule has 0 aliphatic heterocycles. The Morgan fingerprint density at radius 1 is 0.383 bits per heavy atom. The highest BCUT2D eigenvalue weighted by molar-refractivity contribution is 6.22. The Morgan fingerprint density at radius 2 is 0.957 bits per heavy atom. The zero-order chi connectivity index (χ0) is 30.9. The molecule has 0 fully saturated rings. The summed E-state index contributed by atoms with van der Waals surface area (Å²) in [5.41, 5.74) is 11.1. The third-order valence-electron chi connectivity index (χ3n) is 9.59. The van der Waals surface area contributed by atoms with Crippen molar-refractivity contribution in [2.45, 2.75) is 0 Å². The van der Waals surface area contributed by atoms with Gasteiger partial charge in [0.15, 0.2) is 0 Å². The summed E-state index contributed by atoms with van der Waals surface area (Å²) in [6, 6.07) is 56.4. The van der Waals surface area contributed by atoms with Gasteiger partial charge in [0.05, 0.1) is 22.2 Å². The summed E-state index contributed by atoms with van der Waals surface area (Å²) in [5.74, 6) is 0. The number of rotatable bonds is 3. The van der Waals surface area contributed by atoms with E-state index in [1.807, 2.05) is 6.20 Å². The molecule has 10 rings (SSSR count). The number of aromatic nitrogens is 3. The van der Waals surface area contributed by atoms with E-state index in [-0.39, 0.29) is 0 Å². The van der Waals surface area contributed by atoms with Crippen molar-refractivity contribution in [3.05, 3.63) is 164 Å². The van der Waals surface area contributed by atoms with Crippen LogP contribution in [0.25, 0.3) is 93.4 Å². The lowest BCUT2D eigenvalue weighted by Crippen LogP contribution is -1.94. The molecule has 218 valence electrons. The Morgan fingerprint density at radius 3 is 1.68 bits per heavy atom. The largest absolute Gasteiger partial charge is 0.292 e. The molecule has 0 amide bonds. The maximum atomic E-state index is 5.15. The van der Waals surface area contributed by atoms with E-state index in [4.69, 9.17) is 9.97 Å². The van der Waals surface area contributed by atoms with Crippen LogP contribution in [0.4, 0.5) is 0 Å². The van der Waals surface area contributed by atoms with Crippen LogP contribution >= 0.6 is 0 Å². The summed E-state index contributed by atoms with van der Waals surface area (Å²) in [4.78, 5) is 10.2. The molecule has 0 atom stereocenters. The number of nitrogens with zero attached hydrogens (tertiary/aromatic N) is 3. The van der Waals surface area contributed by atoms with Crippen molar-refractivity contribution < 1.29 is 0 Å². The number of fused-ring (bicyclic) bond motifs is 10. The van der Waals surface area contributed by atoms with E-state index < -0.39 is 0 Å². The van der Waals surface area contributed by atoms with Crippen LogP contribution in [0.1, 0.15) is 0 Å². The highest BCUT2D eigenvalue weighted by Crippen LogP contribution is 2.45. The van der Waals surface area contributed by atoms with Crippen LogP contribution in [0.2, 0.25) is 0 Å². The topological polar surface area (TPSA) is 30.2 Å². The maximum Gasteiger partial charge on any atom is 0.146 e. The highest BCUT2D eigenvalue weighted by atomic mass is 15.0. The molecule has 0 aliphatic rings. The van der Waals surface area contributed by atoms with Crippen LogP contribution in [-0.4, -0.2) is 14.4 Å². The van der Waals surface area contributed by atoms with Gasteiger partial charge in [-0.05, 0) is 74.1 Å². The summed E-state index contributed by atoms with van der Waals surface area (Å²) in [6.45, 7) is 0. The summed E-state index contributed by atoms with van der Waals surface area (Å²) in [6.07, 6.45) is 2.03. The number of imidazole rings is 1. The van der Waals surface area contributed by atoms with E-state index in [1.165, 1.54) is 49.2 Å². The van der Waals surface area contributed by atoms with E-state index >= 15 is 0 Å². The SMILES string of the molecule is c1ccc(-c2c3ccccc3c(-c3ccccc3)c3cc(-c4cc5c(cn4)c4ccccc4n4c6ccccc6nc54)ccc23)cc1. The van der Waals surface area contributed by atoms with Crippen molar-refractivity contribution >= 4 is 59.9 Å². The molecule has 0 saturated heterocycles. The van der Waals surface area contributed by atoms with Gasteiger partial charge in [-0.2, -0.15) is 0 Å². The van der Waals surface area contributed by atoms with Gasteiger partial charge in [-0.15, -0.1) is 0 Å². The molecule has 3 nitrogen and oxygen atoms in total. The first-order valence-corrected chi connectivity index (χ1v) is 16.0. The minimum absolute atomic E-state index is 0.928. The molecule has 3 heterocycles. The molecule has 10 aromatic rings. The molecule has 0 aliphatic carbocycles. The molecule has 0 unspecified atom stereocenters. The first-order chi connectivity index (χ1) is 23.3. The molecular weight excluding hydrogens is 571 g/mol. The van der Waals surface area contributed by atoms with Gasteiger partial charge >= 0.3 is 0 Å². The molecule has 0 spiro atoms. The second-order valence-corrected chi connectivity index (χ2v) is 12.2. The maximum absolute atomic E-state index is 5.15. The molecule has 3 aromatic heterocycles. The molecular formula is C44H27N3. The van der Waals surface area contributed by atoms with Crippen molar-refractivity contribution in [2.75, 3.05) is 0 Å². The van der Waals surface area contributed by atoms with Crippen molar-refractivity contribution in [1.29, 1.82) is 0 Å². The van der Waals surface area contributed by atoms with Gasteiger partial charge in [0.1, 0.15) is 5.65 Å². The summed E-state index contributed by atoms with van der Waals surface area (Å²) < 4.78 is 2.29. The van der Waals surface area contributed by atoms with E-state index in [9.17, 15) is 0 Å². The van der Waals surface area contributed by atoms with Crippen molar-refractivity contribution in [1.82, 2.24) is 14.4 Å². The fourth-order valence-electron chi connectivity index (χ4n) is 7.53. The molecule has 0 bridgehead atoms. The Labute approximate surface area is 271 Å². The Hall–Kier alpha value is -6.32. The zero-order valence-electron chi connectivity index (χ0n) is 25.4. The van der Waals surface area contributed by atoms with Crippen LogP contribution in [0, 0.1) is 0 Å². The summed E-state index contributed by atoms with van der Waals surface area (Å²) >= 11 is 0. The van der Waals surface area contributed by atoms with Crippen LogP contribution in [0.15, 0.2) is 164 Å². The highest BCUT2D eigenvalue weighted by Gasteiger charge is 2.19. The predicted octanol–water partition coefficient (Wildman–Crippen LogP) is 11.5.